The van der Waals surface area contributed by atoms with Crippen molar-refractivity contribution in [3.8, 4) is 0 Å². The van der Waals surface area contributed by atoms with E-state index in [1.54, 1.807) is 6.92 Å². The third kappa shape index (κ3) is 6.24. The summed E-state index contributed by atoms with van der Waals surface area (Å²) >= 11 is 0. The highest BCUT2D eigenvalue weighted by molar-refractivity contribution is 7.85. The van der Waals surface area contributed by atoms with Gasteiger partial charge < -0.3 is 11.5 Å². The van der Waals surface area contributed by atoms with Crippen molar-refractivity contribution in [2.45, 2.75) is 18.9 Å². The van der Waals surface area contributed by atoms with Gasteiger partial charge in [0.05, 0.1) is 5.75 Å². The van der Waals surface area contributed by atoms with Gasteiger partial charge in [0.15, 0.2) is 0 Å². The monoisotopic (exact) mass is 182 g/mol. The summed E-state index contributed by atoms with van der Waals surface area (Å²) in [5, 5.41) is 0. The first kappa shape index (κ1) is 10.8. The fourth-order valence-corrected chi connectivity index (χ4v) is 1.19. The van der Waals surface area contributed by atoms with E-state index < -0.39 is 15.7 Å². The molecule has 1 unspecified atom stereocenters. The lowest BCUT2D eigenvalue weighted by atomic mass is 10.0. The van der Waals surface area contributed by atoms with Gasteiger partial charge in [-0.15, -0.1) is 0 Å². The zero-order valence-electron chi connectivity index (χ0n) is 6.45. The van der Waals surface area contributed by atoms with Gasteiger partial charge in [-0.25, -0.2) is 0 Å². The van der Waals surface area contributed by atoms with E-state index in [0.717, 1.165) is 0 Å². The first-order chi connectivity index (χ1) is 4.77. The molecule has 0 bridgehead atoms. The Morgan fingerprint density at radius 2 is 2.00 bits per heavy atom. The van der Waals surface area contributed by atoms with Gasteiger partial charge in [-0.3, -0.25) is 4.55 Å². The molecule has 0 aromatic rings. The smallest absolute Gasteiger partial charge is 0.264 e. The topological polar surface area (TPSA) is 106 Å². The Bertz CT molecular complexity index is 210. The first-order valence-corrected chi connectivity index (χ1v) is 4.82. The van der Waals surface area contributed by atoms with Gasteiger partial charge in [-0.05, 0) is 13.3 Å². The molecule has 1 atom stereocenters. The van der Waals surface area contributed by atoms with Crippen LogP contribution in [0.25, 0.3) is 0 Å². The lowest BCUT2D eigenvalue weighted by Gasteiger charge is -2.20. The second-order valence-electron chi connectivity index (χ2n) is 2.89. The summed E-state index contributed by atoms with van der Waals surface area (Å²) in [4.78, 5) is 0. The maximum absolute atomic E-state index is 10.3. The minimum atomic E-state index is -3.90. The minimum Gasteiger partial charge on any atom is -0.329 e. The zero-order chi connectivity index (χ0) is 9.12. The van der Waals surface area contributed by atoms with Gasteiger partial charge in [0, 0.05) is 12.1 Å². The molecule has 0 rings (SSSR count). The average molecular weight is 182 g/mol. The molecule has 6 heteroatoms. The molecule has 0 aromatic heterocycles. The molecule has 0 aliphatic heterocycles. The fraction of sp³-hybridized carbons (Fsp3) is 1.00. The van der Waals surface area contributed by atoms with E-state index >= 15 is 0 Å². The number of hydrogen-bond acceptors (Lipinski definition) is 4. The van der Waals surface area contributed by atoms with E-state index in [9.17, 15) is 8.42 Å². The van der Waals surface area contributed by atoms with Gasteiger partial charge >= 0.3 is 0 Å². The highest BCUT2D eigenvalue weighted by Crippen LogP contribution is 2.04. The van der Waals surface area contributed by atoms with Crippen LogP contribution in [-0.2, 0) is 10.1 Å². The summed E-state index contributed by atoms with van der Waals surface area (Å²) in [6.45, 7) is 1.83. The number of rotatable bonds is 4. The summed E-state index contributed by atoms with van der Waals surface area (Å²) in [5.41, 5.74) is 10.0. The molecule has 0 fully saturated rings. The molecule has 0 amide bonds. The van der Waals surface area contributed by atoms with Crippen molar-refractivity contribution in [3.05, 3.63) is 0 Å². The summed E-state index contributed by atoms with van der Waals surface area (Å²) in [7, 11) is -3.90. The van der Waals surface area contributed by atoms with E-state index in [4.69, 9.17) is 16.0 Å². The summed E-state index contributed by atoms with van der Waals surface area (Å²) in [5.74, 6) is -0.336. The van der Waals surface area contributed by atoms with Crippen LogP contribution in [0.4, 0.5) is 0 Å². The SMILES string of the molecule is CC(N)(CN)CCS(=O)(=O)O. The van der Waals surface area contributed by atoms with E-state index in [0.29, 0.717) is 0 Å². The molecule has 5 nitrogen and oxygen atoms in total. The Hall–Kier alpha value is -0.170. The Kier molecular flexibility index (Phi) is 3.43. The second kappa shape index (κ2) is 3.48. The quantitative estimate of drug-likeness (QED) is 0.480. The van der Waals surface area contributed by atoms with E-state index in [-0.39, 0.29) is 18.7 Å². The molecular formula is C5H14N2O3S. The van der Waals surface area contributed by atoms with Gasteiger partial charge in [0.2, 0.25) is 0 Å². The molecule has 11 heavy (non-hydrogen) atoms. The van der Waals surface area contributed by atoms with E-state index in [1.807, 2.05) is 0 Å². The molecule has 0 saturated carbocycles. The van der Waals surface area contributed by atoms with Crippen LogP contribution >= 0.6 is 0 Å². The predicted octanol–water partition coefficient (Wildman–Crippen LogP) is -1.06. The van der Waals surface area contributed by atoms with Crippen LogP contribution in [0.15, 0.2) is 0 Å². The first-order valence-electron chi connectivity index (χ1n) is 3.21. The number of hydrogen-bond donors (Lipinski definition) is 3. The van der Waals surface area contributed by atoms with Crippen LogP contribution in [0, 0.1) is 0 Å². The summed E-state index contributed by atoms with van der Waals surface area (Å²) < 4.78 is 28.9. The number of nitrogens with two attached hydrogens (primary N) is 2. The lowest BCUT2D eigenvalue weighted by molar-refractivity contribution is 0.439. The molecule has 5 N–H and O–H groups in total. The Morgan fingerprint density at radius 3 is 2.27 bits per heavy atom. The molecule has 0 aliphatic carbocycles. The van der Waals surface area contributed by atoms with E-state index in [1.165, 1.54) is 0 Å². The Labute approximate surface area is 66.5 Å². The largest absolute Gasteiger partial charge is 0.329 e. The van der Waals surface area contributed by atoms with Crippen molar-refractivity contribution in [1.29, 1.82) is 0 Å². The average Bonchev–Trinajstić information content (AvgIpc) is 1.83. The second-order valence-corrected chi connectivity index (χ2v) is 4.47. The van der Waals surface area contributed by atoms with Crippen LogP contribution in [0.2, 0.25) is 0 Å². The third-order valence-electron chi connectivity index (χ3n) is 1.40. The van der Waals surface area contributed by atoms with E-state index in [2.05, 4.69) is 0 Å². The van der Waals surface area contributed by atoms with Gasteiger partial charge in [0.1, 0.15) is 0 Å². The molecule has 68 valence electrons. The van der Waals surface area contributed by atoms with Crippen LogP contribution in [-0.4, -0.2) is 30.8 Å². The molecule has 0 radical (unpaired) electrons. The molecular weight excluding hydrogens is 168 g/mol. The van der Waals surface area contributed by atoms with Crippen LogP contribution in [0.1, 0.15) is 13.3 Å². The summed E-state index contributed by atoms with van der Waals surface area (Å²) in [6.07, 6.45) is 0.169. The highest BCUT2D eigenvalue weighted by atomic mass is 32.2. The van der Waals surface area contributed by atoms with Crippen LogP contribution in [0.3, 0.4) is 0 Å². The van der Waals surface area contributed by atoms with Gasteiger partial charge in [0.25, 0.3) is 10.1 Å². The Balaban J connectivity index is 3.90. The molecule has 0 heterocycles. The highest BCUT2D eigenvalue weighted by Gasteiger charge is 2.18. The maximum atomic E-state index is 10.3. The molecule has 0 saturated heterocycles. The van der Waals surface area contributed by atoms with Gasteiger partial charge in [-0.2, -0.15) is 8.42 Å². The zero-order valence-corrected chi connectivity index (χ0v) is 7.26. The minimum absolute atomic E-state index is 0.169. The fourth-order valence-electron chi connectivity index (χ4n) is 0.464. The van der Waals surface area contributed by atoms with Crippen LogP contribution < -0.4 is 11.5 Å². The maximum Gasteiger partial charge on any atom is 0.264 e. The predicted molar refractivity (Wildman–Crippen MR) is 42.7 cm³/mol. The van der Waals surface area contributed by atoms with Crippen molar-refractivity contribution < 1.29 is 13.0 Å². The third-order valence-corrected chi connectivity index (χ3v) is 2.12. The van der Waals surface area contributed by atoms with Crippen LogP contribution in [0.5, 0.6) is 0 Å². The molecule has 0 spiro atoms. The lowest BCUT2D eigenvalue weighted by Crippen LogP contribution is -2.45. The van der Waals surface area contributed by atoms with Crippen molar-refractivity contribution in [1.82, 2.24) is 0 Å². The van der Waals surface area contributed by atoms with Crippen molar-refractivity contribution in [2.24, 2.45) is 11.5 Å². The molecule has 0 aliphatic rings. The van der Waals surface area contributed by atoms with Crippen molar-refractivity contribution in [3.63, 3.8) is 0 Å². The Morgan fingerprint density at radius 1 is 1.55 bits per heavy atom. The standard InChI is InChI=1S/C5H14N2O3S/c1-5(7,4-6)2-3-11(8,9)10/h2-4,6-7H2,1H3,(H,8,9,10). The van der Waals surface area contributed by atoms with Gasteiger partial charge in [-0.1, -0.05) is 0 Å². The van der Waals surface area contributed by atoms with Crippen molar-refractivity contribution in [2.75, 3.05) is 12.3 Å². The summed E-state index contributed by atoms with van der Waals surface area (Å²) in [6, 6.07) is 0. The normalized spacial score (nSPS) is 17.8. The molecule has 0 aromatic carbocycles. The van der Waals surface area contributed by atoms with Crippen molar-refractivity contribution >= 4 is 10.1 Å².